The van der Waals surface area contributed by atoms with Crippen LogP contribution in [0.1, 0.15) is 6.42 Å². The molecule has 0 bridgehead atoms. The number of aliphatic hydroxyl groups is 1. The summed E-state index contributed by atoms with van der Waals surface area (Å²) in [6.45, 7) is 0. The maximum absolute atomic E-state index is 13.3. The Morgan fingerprint density at radius 2 is 1.68 bits per heavy atom. The van der Waals surface area contributed by atoms with Crippen molar-refractivity contribution in [2.24, 2.45) is 0 Å². The molecule has 1 aliphatic carbocycles. The van der Waals surface area contributed by atoms with Gasteiger partial charge in [0.25, 0.3) is 0 Å². The first-order chi connectivity index (χ1) is 12.5. The molecule has 1 rings (SSSR count). The van der Waals surface area contributed by atoms with Crippen LogP contribution < -0.4 is 0 Å². The first kappa shape index (κ1) is 24.7. The van der Waals surface area contributed by atoms with E-state index >= 15 is 0 Å². The van der Waals surface area contributed by atoms with Crippen molar-refractivity contribution >= 4 is 27.6 Å². The number of carboxylic acids is 2. The molecule has 0 saturated carbocycles. The van der Waals surface area contributed by atoms with Gasteiger partial charge in [0.15, 0.2) is 0 Å². The zero-order chi connectivity index (χ0) is 22.1. The fourth-order valence-corrected chi connectivity index (χ4v) is 3.19. The zero-order valence-electron chi connectivity index (χ0n) is 13.2. The van der Waals surface area contributed by atoms with Crippen LogP contribution >= 0.6 is 15.6 Å². The van der Waals surface area contributed by atoms with E-state index in [1.807, 2.05) is 0 Å². The Hall–Kier alpha value is -1.32. The van der Waals surface area contributed by atoms with Crippen molar-refractivity contribution in [2.75, 3.05) is 0 Å². The fourth-order valence-electron chi connectivity index (χ4n) is 2.13. The monoisotopic (exact) mass is 458 g/mol. The lowest BCUT2D eigenvalue weighted by Crippen LogP contribution is -2.56. The number of ether oxygens (including phenoxy) is 1. The number of aliphatic carboxylic acids is 2. The molecular formula is C10H14F2O14P2. The second-order valence-electron chi connectivity index (χ2n) is 5.26. The van der Waals surface area contributed by atoms with Gasteiger partial charge in [-0.05, 0) is 6.08 Å². The van der Waals surface area contributed by atoms with Crippen LogP contribution in [-0.4, -0.2) is 77.4 Å². The lowest BCUT2D eigenvalue weighted by atomic mass is 9.92. The molecule has 162 valence electrons. The molecule has 0 amide bonds. The lowest BCUT2D eigenvalue weighted by Gasteiger charge is -2.37. The normalized spacial score (nSPS) is 25.9. The minimum absolute atomic E-state index is 0.514. The standard InChI is InChI=1S/C10H14F2O14P2/c11-8(12)10(9(16)17,26-28(21,22)23)24-4-1-3(7(14)15)2-5(6(4)13)25-27(18,19)20/h2,4-6,8,13H,1H2,(H,14,15)(H,16,17)(H2,18,19,20)(H2,21,22,23)/t4-,5-,6+,10-/m1/s1. The van der Waals surface area contributed by atoms with Crippen molar-refractivity contribution in [3.8, 4) is 0 Å². The average molecular weight is 458 g/mol. The molecule has 4 atom stereocenters. The van der Waals surface area contributed by atoms with Crippen LogP contribution in [0.2, 0.25) is 0 Å². The van der Waals surface area contributed by atoms with E-state index in [1.54, 1.807) is 0 Å². The van der Waals surface area contributed by atoms with Crippen LogP contribution in [0.3, 0.4) is 0 Å². The van der Waals surface area contributed by atoms with Gasteiger partial charge >= 0.3 is 39.8 Å². The molecule has 14 nitrogen and oxygen atoms in total. The third kappa shape index (κ3) is 6.35. The average Bonchev–Trinajstić information content (AvgIpc) is 2.46. The molecule has 0 aromatic heterocycles. The van der Waals surface area contributed by atoms with Gasteiger partial charge in [0, 0.05) is 12.0 Å². The zero-order valence-corrected chi connectivity index (χ0v) is 15.0. The number of aliphatic hydroxyl groups excluding tert-OH is 1. The molecule has 0 heterocycles. The summed E-state index contributed by atoms with van der Waals surface area (Å²) in [7, 11) is -11.3. The molecule has 0 spiro atoms. The molecule has 1 aliphatic rings. The highest BCUT2D eigenvalue weighted by molar-refractivity contribution is 7.46. The Bertz CT molecular complexity index is 742. The summed E-state index contributed by atoms with van der Waals surface area (Å²) < 4.78 is 60.4. The minimum atomic E-state index is -5.92. The quantitative estimate of drug-likeness (QED) is 0.158. The Balaban J connectivity index is 3.36. The van der Waals surface area contributed by atoms with Gasteiger partial charge in [-0.3, -0.25) is 4.52 Å². The van der Waals surface area contributed by atoms with Crippen molar-refractivity contribution in [1.29, 1.82) is 0 Å². The van der Waals surface area contributed by atoms with E-state index in [-0.39, 0.29) is 0 Å². The van der Waals surface area contributed by atoms with Crippen LogP contribution in [0.15, 0.2) is 11.6 Å². The van der Waals surface area contributed by atoms with Crippen LogP contribution in [-0.2, 0) is 32.5 Å². The number of rotatable bonds is 9. The highest BCUT2D eigenvalue weighted by Crippen LogP contribution is 2.46. The van der Waals surface area contributed by atoms with Crippen molar-refractivity contribution in [3.05, 3.63) is 11.6 Å². The maximum Gasteiger partial charge on any atom is 0.472 e. The Labute approximate surface area is 153 Å². The number of hydrogen-bond acceptors (Lipinski definition) is 8. The van der Waals surface area contributed by atoms with Gasteiger partial charge in [-0.15, -0.1) is 0 Å². The number of alkyl halides is 2. The highest BCUT2D eigenvalue weighted by Gasteiger charge is 2.58. The van der Waals surface area contributed by atoms with Gasteiger partial charge in [0.1, 0.15) is 12.2 Å². The van der Waals surface area contributed by atoms with Crippen LogP contribution in [0.4, 0.5) is 8.78 Å². The number of carboxylic acid groups (broad SMARTS) is 2. The van der Waals surface area contributed by atoms with Crippen molar-refractivity contribution in [2.45, 2.75) is 36.9 Å². The summed E-state index contributed by atoms with van der Waals surface area (Å²) in [5.41, 5.74) is -0.793. The Morgan fingerprint density at radius 1 is 1.14 bits per heavy atom. The number of phosphoric ester groups is 2. The molecule has 7 N–H and O–H groups in total. The molecule has 28 heavy (non-hydrogen) atoms. The summed E-state index contributed by atoms with van der Waals surface area (Å²) in [4.78, 5) is 57.3. The van der Waals surface area contributed by atoms with Gasteiger partial charge in [-0.1, -0.05) is 0 Å². The molecule has 18 heteroatoms. The van der Waals surface area contributed by atoms with Crippen LogP contribution in [0.5, 0.6) is 0 Å². The molecule has 0 unspecified atom stereocenters. The van der Waals surface area contributed by atoms with E-state index in [0.717, 1.165) is 0 Å². The van der Waals surface area contributed by atoms with Crippen molar-refractivity contribution < 1.29 is 76.2 Å². The predicted octanol–water partition coefficient (Wildman–Crippen LogP) is -1.22. The van der Waals surface area contributed by atoms with E-state index < -0.39 is 70.1 Å². The highest BCUT2D eigenvalue weighted by atomic mass is 31.2. The Kier molecular flexibility index (Phi) is 7.58. The second-order valence-corrected chi connectivity index (χ2v) is 7.62. The third-order valence-corrected chi connectivity index (χ3v) is 4.23. The number of phosphoric acid groups is 2. The van der Waals surface area contributed by atoms with Crippen LogP contribution in [0.25, 0.3) is 0 Å². The maximum atomic E-state index is 13.3. The SMILES string of the molecule is O=C(O)C1=C[C@@H](OP(=O)(O)O)[C@@H](O)[C@H](O[C@](OP(=O)(O)O)(C(=O)O)C(F)F)C1. The Morgan fingerprint density at radius 3 is 2.04 bits per heavy atom. The smallest absolute Gasteiger partial charge is 0.472 e. The first-order valence-electron chi connectivity index (χ1n) is 6.80. The molecule has 0 aromatic rings. The fraction of sp³-hybridized carbons (Fsp3) is 0.600. The minimum Gasteiger partial charge on any atom is -0.478 e. The number of halogens is 2. The van der Waals surface area contributed by atoms with E-state index in [4.69, 9.17) is 29.8 Å². The first-order valence-corrected chi connectivity index (χ1v) is 9.86. The molecular weight excluding hydrogens is 444 g/mol. The molecule has 0 radical (unpaired) electrons. The molecule has 0 aromatic carbocycles. The van der Waals surface area contributed by atoms with Gasteiger partial charge < -0.3 is 39.6 Å². The van der Waals surface area contributed by atoms with Gasteiger partial charge in [0.05, 0.1) is 6.10 Å². The van der Waals surface area contributed by atoms with Gasteiger partial charge in [-0.25, -0.2) is 32.0 Å². The molecule has 0 fully saturated rings. The van der Waals surface area contributed by atoms with E-state index in [1.165, 1.54) is 0 Å². The summed E-state index contributed by atoms with van der Waals surface area (Å²) >= 11 is 0. The lowest BCUT2D eigenvalue weighted by molar-refractivity contribution is -0.287. The van der Waals surface area contributed by atoms with Crippen molar-refractivity contribution in [1.82, 2.24) is 0 Å². The molecule has 0 saturated heterocycles. The van der Waals surface area contributed by atoms with Gasteiger partial charge in [-0.2, -0.15) is 0 Å². The topological polar surface area (TPSA) is 238 Å². The number of hydrogen-bond donors (Lipinski definition) is 7. The number of carbonyl (C=O) groups is 2. The summed E-state index contributed by atoms with van der Waals surface area (Å²) in [5.74, 6) is -8.86. The predicted molar refractivity (Wildman–Crippen MR) is 77.6 cm³/mol. The molecule has 0 aliphatic heterocycles. The van der Waals surface area contributed by atoms with Crippen LogP contribution in [0, 0.1) is 0 Å². The summed E-state index contributed by atoms with van der Waals surface area (Å²) in [6.07, 6.45) is -11.6. The third-order valence-electron chi connectivity index (χ3n) is 3.20. The van der Waals surface area contributed by atoms with Crippen molar-refractivity contribution in [3.63, 3.8) is 0 Å². The summed E-state index contributed by atoms with van der Waals surface area (Å²) in [6, 6.07) is 0. The van der Waals surface area contributed by atoms with E-state index in [9.17, 15) is 32.6 Å². The second kappa shape index (κ2) is 8.59. The van der Waals surface area contributed by atoms with E-state index in [0.29, 0.717) is 6.08 Å². The van der Waals surface area contributed by atoms with E-state index in [2.05, 4.69) is 13.8 Å². The summed E-state index contributed by atoms with van der Waals surface area (Å²) in [5, 5.41) is 27.9. The van der Waals surface area contributed by atoms with Gasteiger partial charge in [0.2, 0.25) is 0 Å². The largest absolute Gasteiger partial charge is 0.478 e.